The van der Waals surface area contributed by atoms with Gasteiger partial charge >= 0.3 is 5.97 Å². The first-order valence-electron chi connectivity index (χ1n) is 4.87. The summed E-state index contributed by atoms with van der Waals surface area (Å²) in [7, 11) is 0. The molecule has 2 nitrogen and oxygen atoms in total. The maximum atomic E-state index is 13.6. The topological polar surface area (TPSA) is 37.3 Å². The van der Waals surface area contributed by atoms with Gasteiger partial charge in [0.1, 0.15) is 11.6 Å². The minimum absolute atomic E-state index is 0.0492. The summed E-state index contributed by atoms with van der Waals surface area (Å²) in [5, 5.41) is 8.64. The van der Waals surface area contributed by atoms with E-state index in [4.69, 9.17) is 5.11 Å². The van der Waals surface area contributed by atoms with Crippen molar-refractivity contribution in [2.75, 3.05) is 0 Å². The Balaban J connectivity index is 2.58. The van der Waals surface area contributed by atoms with E-state index in [1.165, 1.54) is 0 Å². The van der Waals surface area contributed by atoms with E-state index in [1.807, 2.05) is 0 Å². The van der Waals surface area contributed by atoms with Crippen LogP contribution in [0.25, 0.3) is 11.1 Å². The molecular formula is C13H8F2O2. The van der Waals surface area contributed by atoms with Gasteiger partial charge in [0.25, 0.3) is 0 Å². The first kappa shape index (κ1) is 11.3. The van der Waals surface area contributed by atoms with Crippen molar-refractivity contribution in [3.63, 3.8) is 0 Å². The second-order valence-electron chi connectivity index (χ2n) is 3.48. The van der Waals surface area contributed by atoms with Gasteiger partial charge in [-0.25, -0.2) is 13.6 Å². The van der Waals surface area contributed by atoms with Crippen LogP contribution in [-0.2, 0) is 0 Å². The first-order valence-corrected chi connectivity index (χ1v) is 4.87. The highest BCUT2D eigenvalue weighted by Gasteiger charge is 2.15. The minimum atomic E-state index is -1.49. The van der Waals surface area contributed by atoms with E-state index >= 15 is 0 Å². The van der Waals surface area contributed by atoms with Gasteiger partial charge in [-0.1, -0.05) is 30.3 Å². The number of carboxylic acid groups (broad SMARTS) is 1. The van der Waals surface area contributed by atoms with Crippen molar-refractivity contribution >= 4 is 5.97 Å². The molecule has 2 rings (SSSR count). The molecule has 0 fully saturated rings. The van der Waals surface area contributed by atoms with Gasteiger partial charge in [0.2, 0.25) is 0 Å². The number of benzene rings is 2. The van der Waals surface area contributed by atoms with Crippen molar-refractivity contribution < 1.29 is 18.7 Å². The molecule has 0 radical (unpaired) electrons. The van der Waals surface area contributed by atoms with Crippen LogP contribution in [0.5, 0.6) is 0 Å². The molecule has 0 aliphatic carbocycles. The molecule has 0 heterocycles. The summed E-state index contributed by atoms with van der Waals surface area (Å²) in [4.78, 5) is 10.6. The Kier molecular flexibility index (Phi) is 2.87. The van der Waals surface area contributed by atoms with Gasteiger partial charge in [-0.05, 0) is 17.7 Å². The third kappa shape index (κ3) is 2.15. The highest BCUT2D eigenvalue weighted by molar-refractivity contribution is 5.88. The van der Waals surface area contributed by atoms with Crippen LogP contribution in [0.2, 0.25) is 0 Å². The second-order valence-corrected chi connectivity index (χ2v) is 3.48. The highest BCUT2D eigenvalue weighted by Crippen LogP contribution is 2.25. The quantitative estimate of drug-likeness (QED) is 0.865. The van der Waals surface area contributed by atoms with Crippen molar-refractivity contribution in [3.05, 3.63) is 59.7 Å². The summed E-state index contributed by atoms with van der Waals surface area (Å²) in [6.45, 7) is 0. The van der Waals surface area contributed by atoms with Gasteiger partial charge in [0.05, 0.1) is 5.56 Å². The summed E-state index contributed by atoms with van der Waals surface area (Å²) < 4.78 is 27.1. The number of carbonyl (C=O) groups is 1. The van der Waals surface area contributed by atoms with E-state index in [0.717, 1.165) is 6.07 Å². The molecule has 2 aromatic rings. The number of hydrogen-bond donors (Lipinski definition) is 1. The third-order valence-electron chi connectivity index (χ3n) is 2.37. The Morgan fingerprint density at radius 2 is 1.65 bits per heavy atom. The maximum absolute atomic E-state index is 13.6. The lowest BCUT2D eigenvalue weighted by atomic mass is 10.0. The van der Waals surface area contributed by atoms with Crippen molar-refractivity contribution in [2.24, 2.45) is 0 Å². The maximum Gasteiger partial charge on any atom is 0.338 e. The molecule has 86 valence electrons. The van der Waals surface area contributed by atoms with Gasteiger partial charge < -0.3 is 5.11 Å². The molecule has 17 heavy (non-hydrogen) atoms. The third-order valence-corrected chi connectivity index (χ3v) is 2.37. The fourth-order valence-corrected chi connectivity index (χ4v) is 1.55. The zero-order chi connectivity index (χ0) is 12.4. The van der Waals surface area contributed by atoms with Crippen molar-refractivity contribution in [2.45, 2.75) is 0 Å². The smallest absolute Gasteiger partial charge is 0.338 e. The fraction of sp³-hybridized carbons (Fsp3) is 0. The molecule has 0 unspecified atom stereocenters. The number of carboxylic acids is 1. The van der Waals surface area contributed by atoms with Gasteiger partial charge in [-0.3, -0.25) is 0 Å². The van der Waals surface area contributed by atoms with Crippen LogP contribution in [-0.4, -0.2) is 11.1 Å². The Morgan fingerprint density at radius 1 is 1.00 bits per heavy atom. The molecule has 0 saturated carbocycles. The van der Waals surface area contributed by atoms with E-state index in [9.17, 15) is 13.6 Å². The van der Waals surface area contributed by atoms with E-state index in [2.05, 4.69) is 0 Å². The summed E-state index contributed by atoms with van der Waals surface area (Å²) in [5.41, 5.74) is -0.115. The Bertz CT molecular complexity index is 565. The monoisotopic (exact) mass is 234 g/mol. The molecule has 0 aliphatic rings. The highest BCUT2D eigenvalue weighted by atomic mass is 19.1. The average molecular weight is 234 g/mol. The number of halogens is 2. The van der Waals surface area contributed by atoms with Crippen LogP contribution in [0.1, 0.15) is 10.4 Å². The number of rotatable bonds is 2. The van der Waals surface area contributed by atoms with Crippen LogP contribution in [0.4, 0.5) is 8.78 Å². The normalized spacial score (nSPS) is 10.2. The predicted molar refractivity (Wildman–Crippen MR) is 58.8 cm³/mol. The zero-order valence-electron chi connectivity index (χ0n) is 8.65. The van der Waals surface area contributed by atoms with Gasteiger partial charge in [-0.2, -0.15) is 0 Å². The summed E-state index contributed by atoms with van der Waals surface area (Å²) in [5.74, 6) is -3.19. The molecule has 2 aromatic carbocycles. The molecule has 0 bridgehead atoms. The van der Waals surface area contributed by atoms with Crippen molar-refractivity contribution in [1.29, 1.82) is 0 Å². The first-order chi connectivity index (χ1) is 8.09. The van der Waals surface area contributed by atoms with E-state index in [1.54, 1.807) is 30.3 Å². The van der Waals surface area contributed by atoms with Gasteiger partial charge in [0, 0.05) is 5.56 Å². The predicted octanol–water partition coefficient (Wildman–Crippen LogP) is 3.33. The van der Waals surface area contributed by atoms with E-state index < -0.39 is 23.2 Å². The second kappa shape index (κ2) is 4.33. The molecule has 4 heteroatoms. The van der Waals surface area contributed by atoms with Crippen molar-refractivity contribution in [3.8, 4) is 11.1 Å². The summed E-state index contributed by atoms with van der Waals surface area (Å²) in [6.07, 6.45) is 0. The molecular weight excluding hydrogens is 226 g/mol. The summed E-state index contributed by atoms with van der Waals surface area (Å²) in [6, 6.07) is 9.98. The number of aromatic carboxylic acids is 1. The van der Waals surface area contributed by atoms with E-state index in [0.29, 0.717) is 11.6 Å². The van der Waals surface area contributed by atoms with Crippen molar-refractivity contribution in [1.82, 2.24) is 0 Å². The largest absolute Gasteiger partial charge is 0.478 e. The lowest BCUT2D eigenvalue weighted by Gasteiger charge is -2.05. The molecule has 0 spiro atoms. The molecule has 0 saturated heterocycles. The zero-order valence-corrected chi connectivity index (χ0v) is 8.65. The number of hydrogen-bond acceptors (Lipinski definition) is 1. The Hall–Kier alpha value is -2.23. The Labute approximate surface area is 96.1 Å². The van der Waals surface area contributed by atoms with Crippen LogP contribution in [0, 0.1) is 11.6 Å². The summed E-state index contributed by atoms with van der Waals surface area (Å²) >= 11 is 0. The van der Waals surface area contributed by atoms with Crippen LogP contribution >= 0.6 is 0 Å². The van der Waals surface area contributed by atoms with Crippen LogP contribution < -0.4 is 0 Å². The molecule has 1 N–H and O–H groups in total. The van der Waals surface area contributed by atoms with Crippen LogP contribution in [0.15, 0.2) is 42.5 Å². The lowest BCUT2D eigenvalue weighted by molar-refractivity contribution is 0.0691. The van der Waals surface area contributed by atoms with E-state index in [-0.39, 0.29) is 5.56 Å². The molecule has 0 aromatic heterocycles. The fourth-order valence-electron chi connectivity index (χ4n) is 1.55. The molecule has 0 amide bonds. The van der Waals surface area contributed by atoms with Gasteiger partial charge in [0.15, 0.2) is 0 Å². The van der Waals surface area contributed by atoms with Gasteiger partial charge in [-0.15, -0.1) is 0 Å². The average Bonchev–Trinajstić information content (AvgIpc) is 2.32. The standard InChI is InChI=1S/C13H8F2O2/c14-11-7-10(13(16)17)12(15)6-9(11)8-4-2-1-3-5-8/h1-7H,(H,16,17). The molecule has 0 atom stereocenters. The SMILES string of the molecule is O=C(O)c1cc(F)c(-c2ccccc2)cc1F. The van der Waals surface area contributed by atoms with Crippen LogP contribution in [0.3, 0.4) is 0 Å². The minimum Gasteiger partial charge on any atom is -0.478 e. The molecule has 0 aliphatic heterocycles. The Morgan fingerprint density at radius 3 is 2.24 bits per heavy atom. The lowest BCUT2D eigenvalue weighted by Crippen LogP contribution is -2.02.